The lowest BCUT2D eigenvalue weighted by Gasteiger charge is -2.15. The van der Waals surface area contributed by atoms with Gasteiger partial charge in [-0.25, -0.2) is 0 Å². The maximum atomic E-state index is 3.81. The minimum absolute atomic E-state index is 0.315. The first-order chi connectivity index (χ1) is 8.97. The molecule has 0 heterocycles. The smallest absolute Gasteiger partial charge is 0.0446 e. The number of benzene rings is 2. The van der Waals surface area contributed by atoms with E-state index in [0.717, 1.165) is 15.4 Å². The number of aryl methyl sites for hydroxylation is 2. The Hall–Kier alpha value is -0.120. The molecule has 19 heavy (non-hydrogen) atoms. The molecule has 0 fully saturated rings. The second-order valence-electron chi connectivity index (χ2n) is 4.77. The maximum Gasteiger partial charge on any atom is 0.0446 e. The molecule has 0 bridgehead atoms. The summed E-state index contributed by atoms with van der Waals surface area (Å²) in [6.45, 7) is 4.31. The molecule has 0 aromatic heterocycles. The van der Waals surface area contributed by atoms with E-state index in [0.29, 0.717) is 4.83 Å². The molecule has 0 aliphatic carbocycles. The lowest BCUT2D eigenvalue weighted by molar-refractivity contribution is 0.931. The van der Waals surface area contributed by atoms with E-state index in [4.69, 9.17) is 0 Å². The molecule has 0 saturated heterocycles. The number of rotatable bonds is 3. The fourth-order valence-electron chi connectivity index (χ4n) is 2.08. The van der Waals surface area contributed by atoms with Crippen LogP contribution in [0.3, 0.4) is 0 Å². The SMILES string of the molecule is Cc1ccc(C)c(CC(Br)c2ccc(Br)cc2Br)c1. The average molecular weight is 447 g/mol. The fourth-order valence-corrected chi connectivity index (χ4v) is 4.46. The molecule has 0 saturated carbocycles. The molecule has 0 nitrogen and oxygen atoms in total. The molecule has 0 amide bonds. The highest BCUT2D eigenvalue weighted by Crippen LogP contribution is 2.34. The molecular weight excluding hydrogens is 432 g/mol. The van der Waals surface area contributed by atoms with E-state index in [1.54, 1.807) is 0 Å². The van der Waals surface area contributed by atoms with Crippen LogP contribution in [-0.4, -0.2) is 0 Å². The van der Waals surface area contributed by atoms with Gasteiger partial charge in [0.1, 0.15) is 0 Å². The summed E-state index contributed by atoms with van der Waals surface area (Å²) in [6, 6.07) is 13.0. The van der Waals surface area contributed by atoms with Gasteiger partial charge < -0.3 is 0 Å². The molecule has 0 spiro atoms. The van der Waals surface area contributed by atoms with Crippen molar-refractivity contribution in [2.75, 3.05) is 0 Å². The number of hydrogen-bond donors (Lipinski definition) is 0. The van der Waals surface area contributed by atoms with Gasteiger partial charge in [-0.3, -0.25) is 0 Å². The third kappa shape index (κ3) is 3.93. The van der Waals surface area contributed by atoms with E-state index in [-0.39, 0.29) is 0 Å². The monoisotopic (exact) mass is 444 g/mol. The Morgan fingerprint density at radius 3 is 2.42 bits per heavy atom. The topological polar surface area (TPSA) is 0 Å². The summed E-state index contributed by atoms with van der Waals surface area (Å²) >= 11 is 10.9. The maximum absolute atomic E-state index is 3.81. The van der Waals surface area contributed by atoms with Crippen molar-refractivity contribution in [3.63, 3.8) is 0 Å². The average Bonchev–Trinajstić information content (AvgIpc) is 2.33. The van der Waals surface area contributed by atoms with Crippen LogP contribution in [0, 0.1) is 13.8 Å². The van der Waals surface area contributed by atoms with Crippen LogP contribution in [0.5, 0.6) is 0 Å². The largest absolute Gasteiger partial charge is 0.0835 e. The predicted octanol–water partition coefficient (Wildman–Crippen LogP) is 6.51. The molecule has 0 aliphatic rings. The molecule has 1 atom stereocenters. The molecule has 1 unspecified atom stereocenters. The van der Waals surface area contributed by atoms with E-state index in [1.807, 2.05) is 0 Å². The zero-order valence-corrected chi connectivity index (χ0v) is 15.6. The van der Waals surface area contributed by atoms with Crippen molar-refractivity contribution in [1.29, 1.82) is 0 Å². The zero-order valence-electron chi connectivity index (χ0n) is 10.9. The van der Waals surface area contributed by atoms with E-state index < -0.39 is 0 Å². The second-order valence-corrected chi connectivity index (χ2v) is 7.64. The summed E-state index contributed by atoms with van der Waals surface area (Å²) in [5.74, 6) is 0. The van der Waals surface area contributed by atoms with E-state index >= 15 is 0 Å². The summed E-state index contributed by atoms with van der Waals surface area (Å²) in [6.07, 6.45) is 0.994. The van der Waals surface area contributed by atoms with Gasteiger partial charge in [-0.05, 0) is 49.1 Å². The third-order valence-electron chi connectivity index (χ3n) is 3.20. The quantitative estimate of drug-likeness (QED) is 0.471. The summed E-state index contributed by atoms with van der Waals surface area (Å²) in [7, 11) is 0. The molecule has 0 radical (unpaired) electrons. The highest BCUT2D eigenvalue weighted by atomic mass is 79.9. The highest BCUT2D eigenvalue weighted by Gasteiger charge is 2.13. The molecule has 0 aliphatic heterocycles. The van der Waals surface area contributed by atoms with Gasteiger partial charge in [-0.2, -0.15) is 0 Å². The predicted molar refractivity (Wildman–Crippen MR) is 93.1 cm³/mol. The Morgan fingerprint density at radius 2 is 1.74 bits per heavy atom. The van der Waals surface area contributed by atoms with E-state index in [1.165, 1.54) is 22.3 Å². The van der Waals surface area contributed by atoms with Crippen molar-refractivity contribution in [3.8, 4) is 0 Å². The number of alkyl halides is 1. The number of halogens is 3. The first-order valence-electron chi connectivity index (χ1n) is 6.12. The van der Waals surface area contributed by atoms with Gasteiger partial charge in [0.15, 0.2) is 0 Å². The minimum Gasteiger partial charge on any atom is -0.0835 e. The van der Waals surface area contributed by atoms with Crippen LogP contribution in [0.1, 0.15) is 27.1 Å². The molecule has 3 heteroatoms. The van der Waals surface area contributed by atoms with E-state index in [9.17, 15) is 0 Å². The lowest BCUT2D eigenvalue weighted by atomic mass is 9.99. The Labute approximate surface area is 140 Å². The first-order valence-corrected chi connectivity index (χ1v) is 8.62. The van der Waals surface area contributed by atoms with E-state index in [2.05, 4.69) is 98.0 Å². The number of hydrogen-bond acceptors (Lipinski definition) is 0. The Bertz CT molecular complexity index is 591. The van der Waals surface area contributed by atoms with Gasteiger partial charge in [-0.15, -0.1) is 0 Å². The standard InChI is InChI=1S/C16H15Br3/c1-10-3-4-11(2)12(7-10)8-15(18)14-6-5-13(17)9-16(14)19/h3-7,9,15H,8H2,1-2H3. The van der Waals surface area contributed by atoms with Crippen LogP contribution in [0.4, 0.5) is 0 Å². The van der Waals surface area contributed by atoms with Crippen molar-refractivity contribution in [1.82, 2.24) is 0 Å². The second kappa shape index (κ2) is 6.55. The zero-order chi connectivity index (χ0) is 14.0. The lowest BCUT2D eigenvalue weighted by Crippen LogP contribution is -1.99. The normalized spacial score (nSPS) is 12.5. The van der Waals surface area contributed by atoms with Crippen LogP contribution in [0.25, 0.3) is 0 Å². The van der Waals surface area contributed by atoms with Crippen LogP contribution in [-0.2, 0) is 6.42 Å². The van der Waals surface area contributed by atoms with Gasteiger partial charge in [0.2, 0.25) is 0 Å². The molecule has 100 valence electrons. The molecule has 2 aromatic carbocycles. The van der Waals surface area contributed by atoms with Gasteiger partial charge >= 0.3 is 0 Å². The van der Waals surface area contributed by atoms with Crippen LogP contribution in [0.2, 0.25) is 0 Å². The Morgan fingerprint density at radius 1 is 1.00 bits per heavy atom. The highest BCUT2D eigenvalue weighted by molar-refractivity contribution is 9.11. The molecule has 0 N–H and O–H groups in total. The summed E-state index contributed by atoms with van der Waals surface area (Å²) in [4.78, 5) is 0.315. The Kier molecular flexibility index (Phi) is 5.27. The fraction of sp³-hybridized carbons (Fsp3) is 0.250. The molecule has 2 rings (SSSR count). The van der Waals surface area contributed by atoms with Gasteiger partial charge in [-0.1, -0.05) is 77.6 Å². The van der Waals surface area contributed by atoms with Crippen molar-refractivity contribution in [2.24, 2.45) is 0 Å². The van der Waals surface area contributed by atoms with Gasteiger partial charge in [0.25, 0.3) is 0 Å². The van der Waals surface area contributed by atoms with Crippen molar-refractivity contribution < 1.29 is 0 Å². The van der Waals surface area contributed by atoms with Crippen LogP contribution >= 0.6 is 47.8 Å². The third-order valence-corrected chi connectivity index (χ3v) is 5.20. The minimum atomic E-state index is 0.315. The van der Waals surface area contributed by atoms with Gasteiger partial charge in [0, 0.05) is 13.8 Å². The van der Waals surface area contributed by atoms with Gasteiger partial charge in [0.05, 0.1) is 0 Å². The van der Waals surface area contributed by atoms with Crippen LogP contribution in [0.15, 0.2) is 45.3 Å². The summed E-state index contributed by atoms with van der Waals surface area (Å²) < 4.78 is 2.23. The van der Waals surface area contributed by atoms with Crippen molar-refractivity contribution >= 4 is 47.8 Å². The first kappa shape index (κ1) is 15.3. The summed E-state index contributed by atoms with van der Waals surface area (Å²) in [5, 5.41) is 0. The molecular formula is C16H15Br3. The molecule has 2 aromatic rings. The summed E-state index contributed by atoms with van der Waals surface area (Å²) in [5.41, 5.74) is 5.35. The van der Waals surface area contributed by atoms with Crippen molar-refractivity contribution in [3.05, 3.63) is 67.6 Å². The van der Waals surface area contributed by atoms with Crippen molar-refractivity contribution in [2.45, 2.75) is 25.1 Å². The Balaban J connectivity index is 2.25. The van der Waals surface area contributed by atoms with Crippen LogP contribution < -0.4 is 0 Å².